The van der Waals surface area contributed by atoms with E-state index in [4.69, 9.17) is 0 Å². The van der Waals surface area contributed by atoms with Gasteiger partial charge in [-0.2, -0.15) is 0 Å². The fraction of sp³-hybridized carbons (Fsp3) is 0.600. The van der Waals surface area contributed by atoms with Crippen LogP contribution < -0.4 is 5.32 Å². The van der Waals surface area contributed by atoms with Crippen LogP contribution in [-0.2, 0) is 5.41 Å². The molecule has 0 amide bonds. The van der Waals surface area contributed by atoms with Crippen LogP contribution in [-0.4, -0.2) is 20.1 Å². The Morgan fingerprint density at radius 3 is 2.21 bits per heavy atom. The highest BCUT2D eigenvalue weighted by Gasteiger charge is 2.22. The van der Waals surface area contributed by atoms with E-state index in [0.29, 0.717) is 0 Å². The minimum Gasteiger partial charge on any atom is -0.297 e. The topological polar surface area (TPSA) is 30.0 Å². The van der Waals surface area contributed by atoms with Gasteiger partial charge in [0.25, 0.3) is 0 Å². The van der Waals surface area contributed by atoms with Gasteiger partial charge in [0.15, 0.2) is 6.29 Å². The summed E-state index contributed by atoms with van der Waals surface area (Å²) in [6.45, 7) is 10.8. The Morgan fingerprint density at radius 2 is 1.93 bits per heavy atom. The molecular weight excluding hydrogens is 210 g/mol. The van der Waals surface area contributed by atoms with E-state index < -0.39 is 8.80 Å². The van der Waals surface area contributed by atoms with Gasteiger partial charge in [0.2, 0.25) is 0 Å². The van der Waals surface area contributed by atoms with Gasteiger partial charge in [-0.25, -0.2) is 0 Å². The lowest BCUT2D eigenvalue weighted by Gasteiger charge is -2.13. The summed E-state index contributed by atoms with van der Waals surface area (Å²) < 4.78 is 0. The lowest BCUT2D eigenvalue weighted by molar-refractivity contribution is 0.112. The zero-order chi connectivity index (χ0) is 10.9. The predicted molar refractivity (Wildman–Crippen MR) is 64.7 cm³/mol. The van der Waals surface area contributed by atoms with Gasteiger partial charge in [-0.15, -0.1) is 11.3 Å². The van der Waals surface area contributed by atoms with Crippen LogP contribution in [0, 0.1) is 0 Å². The smallest absolute Gasteiger partial charge is 0.161 e. The Balaban J connectivity index is 3.20. The molecular formula is C10H17NOSSi. The van der Waals surface area contributed by atoms with E-state index in [9.17, 15) is 4.79 Å². The number of hydrogen-bond acceptors (Lipinski definition) is 3. The van der Waals surface area contributed by atoms with Gasteiger partial charge in [-0.1, -0.05) is 33.9 Å². The van der Waals surface area contributed by atoms with Crippen LogP contribution in [0.15, 0.2) is 0 Å². The van der Waals surface area contributed by atoms with Crippen LogP contribution >= 0.6 is 11.3 Å². The van der Waals surface area contributed by atoms with E-state index in [2.05, 4.69) is 38.8 Å². The van der Waals surface area contributed by atoms with E-state index in [1.807, 2.05) is 0 Å². The minimum atomic E-state index is -0.969. The first-order chi connectivity index (χ1) is 6.36. The molecule has 2 nitrogen and oxygen atoms in total. The Hall–Kier alpha value is -0.483. The number of nitrogens with zero attached hydrogens (tertiary/aromatic N) is 1. The van der Waals surface area contributed by atoms with Gasteiger partial charge in [0.05, 0.1) is 18.7 Å². The molecule has 0 spiro atoms. The third kappa shape index (κ3) is 2.30. The highest BCUT2D eigenvalue weighted by Crippen LogP contribution is 2.25. The molecule has 78 valence electrons. The van der Waals surface area contributed by atoms with Crippen LogP contribution in [0.1, 0.15) is 35.5 Å². The van der Waals surface area contributed by atoms with Crippen molar-refractivity contribution < 1.29 is 4.79 Å². The Morgan fingerprint density at radius 1 is 1.36 bits per heavy atom. The summed E-state index contributed by atoms with van der Waals surface area (Å²) in [5.41, 5.74) is 0.0595. The zero-order valence-electron chi connectivity index (χ0n) is 9.42. The zero-order valence-corrected chi connectivity index (χ0v) is 11.4. The van der Waals surface area contributed by atoms with Crippen molar-refractivity contribution in [3.63, 3.8) is 0 Å². The molecule has 0 saturated heterocycles. The normalized spacial score (nSPS) is 12.1. The van der Waals surface area contributed by atoms with Crippen molar-refractivity contribution in [3.05, 3.63) is 9.88 Å². The summed E-state index contributed by atoms with van der Waals surface area (Å²) >= 11 is 1.55. The average molecular weight is 227 g/mol. The largest absolute Gasteiger partial charge is 0.297 e. The lowest BCUT2D eigenvalue weighted by atomic mass is 9.98. The second-order valence-electron chi connectivity index (χ2n) is 4.79. The molecule has 4 heteroatoms. The van der Waals surface area contributed by atoms with Crippen LogP contribution in [0.25, 0.3) is 0 Å². The molecule has 0 bridgehead atoms. The molecule has 0 N–H and O–H groups in total. The fourth-order valence-corrected chi connectivity index (χ4v) is 4.02. The molecule has 0 saturated carbocycles. The third-order valence-electron chi connectivity index (χ3n) is 1.98. The Kier molecular flexibility index (Phi) is 3.27. The SMILES string of the molecule is C[SiH](C)c1nc(C(C)(C)C)sc1C=O. The van der Waals surface area contributed by atoms with Crippen LogP contribution in [0.3, 0.4) is 0 Å². The quantitative estimate of drug-likeness (QED) is 0.571. The van der Waals surface area contributed by atoms with Gasteiger partial charge in [0, 0.05) is 10.7 Å². The Bertz CT molecular complexity index is 338. The maximum Gasteiger partial charge on any atom is 0.161 e. The van der Waals surface area contributed by atoms with Crippen molar-refractivity contribution in [1.29, 1.82) is 0 Å². The lowest BCUT2D eigenvalue weighted by Crippen LogP contribution is -2.28. The van der Waals surface area contributed by atoms with E-state index in [0.717, 1.165) is 21.5 Å². The number of aromatic nitrogens is 1. The monoisotopic (exact) mass is 227 g/mol. The number of aldehydes is 1. The first kappa shape index (κ1) is 11.6. The molecule has 0 aliphatic heterocycles. The molecule has 0 fully saturated rings. The molecule has 14 heavy (non-hydrogen) atoms. The summed E-state index contributed by atoms with van der Waals surface area (Å²) in [4.78, 5) is 16.3. The third-order valence-corrected chi connectivity index (χ3v) is 5.14. The number of thiazole rings is 1. The number of carbonyl (C=O) groups is 1. The standard InChI is InChI=1S/C10H17NOSSi/c1-10(2,3)9-11-8(14(4)5)7(6-12)13-9/h6,14H,1-5H3. The van der Waals surface area contributed by atoms with Crippen LogP contribution in [0.4, 0.5) is 0 Å². The molecule has 0 atom stereocenters. The first-order valence-corrected chi connectivity index (χ1v) is 8.53. The van der Waals surface area contributed by atoms with E-state index in [1.165, 1.54) is 0 Å². The van der Waals surface area contributed by atoms with E-state index in [-0.39, 0.29) is 5.41 Å². The number of carbonyl (C=O) groups excluding carboxylic acids is 1. The van der Waals surface area contributed by atoms with Crippen LogP contribution in [0.2, 0.25) is 13.1 Å². The van der Waals surface area contributed by atoms with E-state index >= 15 is 0 Å². The molecule has 1 aromatic heterocycles. The molecule has 0 radical (unpaired) electrons. The molecule has 0 aliphatic rings. The minimum absolute atomic E-state index is 0.0595. The van der Waals surface area contributed by atoms with Gasteiger partial charge in [0.1, 0.15) is 0 Å². The van der Waals surface area contributed by atoms with Crippen LogP contribution in [0.5, 0.6) is 0 Å². The molecule has 0 unspecified atom stereocenters. The summed E-state index contributed by atoms with van der Waals surface area (Å²) in [6.07, 6.45) is 0.954. The molecule has 0 aromatic carbocycles. The second kappa shape index (κ2) is 3.94. The maximum absolute atomic E-state index is 10.9. The Labute approximate surface area is 91.0 Å². The molecule has 0 aliphatic carbocycles. The van der Waals surface area contributed by atoms with Gasteiger partial charge >= 0.3 is 0 Å². The molecule has 1 aromatic rings. The van der Waals surface area contributed by atoms with Crippen molar-refractivity contribution in [3.8, 4) is 0 Å². The maximum atomic E-state index is 10.9. The van der Waals surface area contributed by atoms with Crippen molar-refractivity contribution in [2.24, 2.45) is 0 Å². The predicted octanol–water partition coefficient (Wildman–Crippen LogP) is 1.95. The summed E-state index contributed by atoms with van der Waals surface area (Å²) in [6, 6.07) is 0. The summed E-state index contributed by atoms with van der Waals surface area (Å²) in [5, 5.41) is 2.16. The summed E-state index contributed by atoms with van der Waals surface area (Å²) in [7, 11) is -0.969. The van der Waals surface area contributed by atoms with Gasteiger partial charge in [-0.05, 0) is 0 Å². The van der Waals surface area contributed by atoms with Gasteiger partial charge in [-0.3, -0.25) is 9.78 Å². The first-order valence-electron chi connectivity index (χ1n) is 4.82. The van der Waals surface area contributed by atoms with Crippen molar-refractivity contribution in [2.75, 3.05) is 0 Å². The molecule has 1 heterocycles. The van der Waals surface area contributed by atoms with Crippen molar-refractivity contribution in [2.45, 2.75) is 39.3 Å². The highest BCUT2D eigenvalue weighted by atomic mass is 32.1. The molecule has 1 rings (SSSR count). The number of hydrogen-bond donors (Lipinski definition) is 0. The highest BCUT2D eigenvalue weighted by molar-refractivity contribution is 7.15. The fourth-order valence-electron chi connectivity index (χ4n) is 1.16. The van der Waals surface area contributed by atoms with Gasteiger partial charge < -0.3 is 0 Å². The second-order valence-corrected chi connectivity index (χ2v) is 8.68. The van der Waals surface area contributed by atoms with Crippen molar-refractivity contribution in [1.82, 2.24) is 4.98 Å². The number of rotatable bonds is 2. The average Bonchev–Trinajstić information content (AvgIpc) is 2.45. The van der Waals surface area contributed by atoms with E-state index in [1.54, 1.807) is 11.3 Å². The summed E-state index contributed by atoms with van der Waals surface area (Å²) in [5.74, 6) is 0. The van der Waals surface area contributed by atoms with Crippen molar-refractivity contribution >= 4 is 31.7 Å².